The van der Waals surface area contributed by atoms with Gasteiger partial charge in [0.15, 0.2) is 0 Å². The molecule has 0 saturated carbocycles. The van der Waals surface area contributed by atoms with Gasteiger partial charge in [0.1, 0.15) is 11.6 Å². The van der Waals surface area contributed by atoms with Crippen LogP contribution in [-0.4, -0.2) is 42.6 Å². The van der Waals surface area contributed by atoms with E-state index in [9.17, 15) is 0 Å². The van der Waals surface area contributed by atoms with Crippen molar-refractivity contribution in [3.8, 4) is 0 Å². The number of nitrogens with zero attached hydrogens (tertiary/aromatic N) is 2. The maximum atomic E-state index is 4.47. The van der Waals surface area contributed by atoms with Crippen LogP contribution >= 0.6 is 0 Å². The van der Waals surface area contributed by atoms with Crippen molar-refractivity contribution in [2.75, 3.05) is 43.4 Å². The van der Waals surface area contributed by atoms with Crippen molar-refractivity contribution < 1.29 is 0 Å². The SMILES string of the molecule is CCNc1cccc(NCCN(CC)CC)n1. The van der Waals surface area contributed by atoms with Crippen molar-refractivity contribution in [1.82, 2.24) is 9.88 Å². The van der Waals surface area contributed by atoms with Crippen LogP contribution in [0.3, 0.4) is 0 Å². The molecule has 1 rings (SSSR count). The van der Waals surface area contributed by atoms with Crippen LogP contribution in [0.15, 0.2) is 18.2 Å². The van der Waals surface area contributed by atoms with Crippen LogP contribution in [-0.2, 0) is 0 Å². The Morgan fingerprint density at radius 2 is 1.71 bits per heavy atom. The summed E-state index contributed by atoms with van der Waals surface area (Å²) < 4.78 is 0. The van der Waals surface area contributed by atoms with Gasteiger partial charge in [-0.1, -0.05) is 19.9 Å². The lowest BCUT2D eigenvalue weighted by Crippen LogP contribution is -2.28. The summed E-state index contributed by atoms with van der Waals surface area (Å²) in [4.78, 5) is 6.86. The van der Waals surface area contributed by atoms with Crippen molar-refractivity contribution in [3.63, 3.8) is 0 Å². The summed E-state index contributed by atoms with van der Waals surface area (Å²) >= 11 is 0. The van der Waals surface area contributed by atoms with E-state index in [1.165, 1.54) is 0 Å². The van der Waals surface area contributed by atoms with Crippen LogP contribution in [0.25, 0.3) is 0 Å². The van der Waals surface area contributed by atoms with E-state index >= 15 is 0 Å². The maximum absolute atomic E-state index is 4.47. The molecule has 0 unspecified atom stereocenters. The summed E-state index contributed by atoms with van der Waals surface area (Å²) in [6.45, 7) is 11.5. The summed E-state index contributed by atoms with van der Waals surface area (Å²) in [6.07, 6.45) is 0. The van der Waals surface area contributed by atoms with Crippen molar-refractivity contribution >= 4 is 11.6 Å². The first kappa shape index (κ1) is 13.8. The van der Waals surface area contributed by atoms with Gasteiger partial charge in [0.2, 0.25) is 0 Å². The molecule has 0 atom stereocenters. The summed E-state index contributed by atoms with van der Waals surface area (Å²) in [5, 5.41) is 6.56. The Morgan fingerprint density at radius 3 is 2.29 bits per heavy atom. The smallest absolute Gasteiger partial charge is 0.128 e. The van der Waals surface area contributed by atoms with E-state index in [0.717, 1.165) is 44.4 Å². The van der Waals surface area contributed by atoms with E-state index < -0.39 is 0 Å². The Kier molecular flexibility index (Phi) is 6.40. The monoisotopic (exact) mass is 236 g/mol. The van der Waals surface area contributed by atoms with E-state index in [4.69, 9.17) is 0 Å². The number of hydrogen-bond donors (Lipinski definition) is 2. The second-order valence-electron chi connectivity index (χ2n) is 3.89. The number of hydrogen-bond acceptors (Lipinski definition) is 4. The van der Waals surface area contributed by atoms with Gasteiger partial charge in [-0.15, -0.1) is 0 Å². The van der Waals surface area contributed by atoms with Crippen LogP contribution in [0.5, 0.6) is 0 Å². The molecule has 1 aromatic rings. The van der Waals surface area contributed by atoms with Gasteiger partial charge in [0.25, 0.3) is 0 Å². The highest BCUT2D eigenvalue weighted by Gasteiger charge is 1.99. The van der Waals surface area contributed by atoms with Crippen LogP contribution in [0.4, 0.5) is 11.6 Å². The fraction of sp³-hybridized carbons (Fsp3) is 0.615. The number of aromatic nitrogens is 1. The van der Waals surface area contributed by atoms with Crippen LogP contribution in [0.1, 0.15) is 20.8 Å². The summed E-state index contributed by atoms with van der Waals surface area (Å²) in [5.41, 5.74) is 0. The first-order chi connectivity index (χ1) is 8.30. The topological polar surface area (TPSA) is 40.2 Å². The van der Waals surface area contributed by atoms with Gasteiger partial charge in [0.05, 0.1) is 0 Å². The van der Waals surface area contributed by atoms with Crippen LogP contribution in [0, 0.1) is 0 Å². The lowest BCUT2D eigenvalue weighted by Gasteiger charge is -2.18. The highest BCUT2D eigenvalue weighted by atomic mass is 15.1. The van der Waals surface area contributed by atoms with E-state index in [0.29, 0.717) is 0 Å². The quantitative estimate of drug-likeness (QED) is 0.726. The third-order valence-electron chi connectivity index (χ3n) is 2.74. The van der Waals surface area contributed by atoms with E-state index in [1.54, 1.807) is 0 Å². The molecule has 0 amide bonds. The fourth-order valence-corrected chi connectivity index (χ4v) is 1.69. The molecule has 0 aliphatic carbocycles. The van der Waals surface area contributed by atoms with Gasteiger partial charge in [-0.2, -0.15) is 0 Å². The summed E-state index contributed by atoms with van der Waals surface area (Å²) in [5.74, 6) is 1.87. The predicted octanol–water partition coefficient (Wildman–Crippen LogP) is 2.27. The molecule has 0 spiro atoms. The molecular weight excluding hydrogens is 212 g/mol. The van der Waals surface area contributed by atoms with Gasteiger partial charge >= 0.3 is 0 Å². The zero-order valence-electron chi connectivity index (χ0n) is 11.2. The highest BCUT2D eigenvalue weighted by molar-refractivity contribution is 5.44. The molecular formula is C13H24N4. The molecule has 0 aromatic carbocycles. The Morgan fingerprint density at radius 1 is 1.06 bits per heavy atom. The molecule has 17 heavy (non-hydrogen) atoms. The molecule has 0 aliphatic rings. The largest absolute Gasteiger partial charge is 0.370 e. The summed E-state index contributed by atoms with van der Waals surface area (Å²) in [7, 11) is 0. The van der Waals surface area contributed by atoms with Gasteiger partial charge in [0, 0.05) is 19.6 Å². The van der Waals surface area contributed by atoms with Gasteiger partial charge in [-0.25, -0.2) is 4.98 Å². The molecule has 4 nitrogen and oxygen atoms in total. The number of rotatable bonds is 8. The Balaban J connectivity index is 2.38. The van der Waals surface area contributed by atoms with Gasteiger partial charge in [-0.3, -0.25) is 0 Å². The molecule has 1 heterocycles. The van der Waals surface area contributed by atoms with E-state index in [1.807, 2.05) is 18.2 Å². The third kappa shape index (κ3) is 5.04. The lowest BCUT2D eigenvalue weighted by atomic mass is 10.4. The lowest BCUT2D eigenvalue weighted by molar-refractivity contribution is 0.316. The Hall–Kier alpha value is -1.29. The minimum Gasteiger partial charge on any atom is -0.370 e. The number of nitrogens with one attached hydrogen (secondary N) is 2. The second-order valence-corrected chi connectivity index (χ2v) is 3.89. The van der Waals surface area contributed by atoms with Crippen molar-refractivity contribution in [2.24, 2.45) is 0 Å². The molecule has 0 saturated heterocycles. The number of anilines is 2. The standard InChI is InChI=1S/C13H24N4/c1-4-14-12-8-7-9-13(16-12)15-10-11-17(5-2)6-3/h7-9H,4-6,10-11H2,1-3H3,(H2,14,15,16). The first-order valence-corrected chi connectivity index (χ1v) is 6.47. The molecule has 0 radical (unpaired) electrons. The zero-order valence-corrected chi connectivity index (χ0v) is 11.2. The Labute approximate surface area is 104 Å². The number of likely N-dealkylation sites (N-methyl/N-ethyl adjacent to an activating group) is 1. The van der Waals surface area contributed by atoms with Crippen molar-refractivity contribution in [1.29, 1.82) is 0 Å². The minimum absolute atomic E-state index is 0.899. The van der Waals surface area contributed by atoms with Gasteiger partial charge in [-0.05, 0) is 32.1 Å². The normalized spacial score (nSPS) is 10.6. The molecule has 96 valence electrons. The third-order valence-corrected chi connectivity index (χ3v) is 2.74. The fourth-order valence-electron chi connectivity index (χ4n) is 1.69. The van der Waals surface area contributed by atoms with Crippen molar-refractivity contribution in [2.45, 2.75) is 20.8 Å². The van der Waals surface area contributed by atoms with E-state index in [2.05, 4.69) is 41.3 Å². The summed E-state index contributed by atoms with van der Waals surface area (Å²) in [6, 6.07) is 6.01. The molecule has 0 bridgehead atoms. The average molecular weight is 236 g/mol. The molecule has 2 N–H and O–H groups in total. The second kappa shape index (κ2) is 7.90. The van der Waals surface area contributed by atoms with Crippen LogP contribution < -0.4 is 10.6 Å². The van der Waals surface area contributed by atoms with Crippen molar-refractivity contribution in [3.05, 3.63) is 18.2 Å². The molecule has 4 heteroatoms. The Bertz CT molecular complexity index is 310. The maximum Gasteiger partial charge on any atom is 0.128 e. The first-order valence-electron chi connectivity index (χ1n) is 6.47. The number of pyridine rings is 1. The van der Waals surface area contributed by atoms with Crippen LogP contribution in [0.2, 0.25) is 0 Å². The van der Waals surface area contributed by atoms with Gasteiger partial charge < -0.3 is 15.5 Å². The van der Waals surface area contributed by atoms with E-state index in [-0.39, 0.29) is 0 Å². The highest BCUT2D eigenvalue weighted by Crippen LogP contribution is 2.08. The molecule has 0 aliphatic heterocycles. The molecule has 1 aromatic heterocycles. The molecule has 0 fully saturated rings. The zero-order chi connectivity index (χ0) is 12.5. The minimum atomic E-state index is 0.899. The average Bonchev–Trinajstić information content (AvgIpc) is 2.36. The predicted molar refractivity (Wildman–Crippen MR) is 74.7 cm³/mol.